The molecule has 3 aromatic rings. The van der Waals surface area contributed by atoms with E-state index >= 15 is 0 Å². The first-order chi connectivity index (χ1) is 16.4. The van der Waals surface area contributed by atoms with Crippen molar-refractivity contribution in [1.82, 2.24) is 20.4 Å². The van der Waals surface area contributed by atoms with Gasteiger partial charge >= 0.3 is 0 Å². The van der Waals surface area contributed by atoms with Crippen LogP contribution in [0, 0.1) is 12.8 Å². The van der Waals surface area contributed by atoms with E-state index in [1.165, 1.54) is 0 Å². The molecule has 3 amide bonds. The molecule has 176 valence electrons. The molecule has 4 rings (SSSR count). The second-order valence-corrected chi connectivity index (χ2v) is 9.42. The number of nitrogens with zero attached hydrogens (tertiary/aromatic N) is 3. The molecule has 2 heterocycles. The maximum atomic E-state index is 12.9. The number of hydrogen-bond donors (Lipinski definition) is 2. The lowest BCUT2D eigenvalue weighted by Crippen LogP contribution is -2.43. The van der Waals surface area contributed by atoms with Gasteiger partial charge in [0.25, 0.3) is 11.8 Å². The van der Waals surface area contributed by atoms with E-state index in [-0.39, 0.29) is 33.8 Å². The summed E-state index contributed by atoms with van der Waals surface area (Å²) in [5.74, 6) is -0.790. The van der Waals surface area contributed by atoms with Crippen LogP contribution in [0.4, 0.5) is 5.69 Å². The Bertz CT molecular complexity index is 1150. The number of likely N-dealkylation sites (tertiary alicyclic amines) is 1. The number of aryl methyl sites for hydroxylation is 1. The SMILES string of the molecule is Cc1ccc(NC(=O)c2nnc(C(=O)N3CCC(C(=O)NC(C)c4ccccc4)CC3)s2)cc1. The minimum Gasteiger partial charge on any atom is -0.349 e. The van der Waals surface area contributed by atoms with E-state index in [4.69, 9.17) is 0 Å². The van der Waals surface area contributed by atoms with Crippen LogP contribution in [0.3, 0.4) is 0 Å². The molecule has 1 fully saturated rings. The quantitative estimate of drug-likeness (QED) is 0.562. The Balaban J connectivity index is 1.29. The molecule has 2 aromatic carbocycles. The summed E-state index contributed by atoms with van der Waals surface area (Å²) in [6, 6.07) is 17.2. The number of aromatic nitrogens is 2. The molecule has 1 atom stereocenters. The highest BCUT2D eigenvalue weighted by molar-refractivity contribution is 7.15. The minimum absolute atomic E-state index is 0.00873. The fraction of sp³-hybridized carbons (Fsp3) is 0.320. The number of carbonyl (C=O) groups is 3. The monoisotopic (exact) mass is 477 g/mol. The maximum absolute atomic E-state index is 12.9. The van der Waals surface area contributed by atoms with Crippen molar-refractivity contribution in [3.8, 4) is 0 Å². The molecule has 0 saturated carbocycles. The predicted octanol–water partition coefficient (Wildman–Crippen LogP) is 3.83. The second kappa shape index (κ2) is 10.6. The molecule has 1 aliphatic rings. The number of benzene rings is 2. The summed E-state index contributed by atoms with van der Waals surface area (Å²) in [6.45, 7) is 4.85. The average Bonchev–Trinajstić information content (AvgIpc) is 3.36. The zero-order valence-electron chi connectivity index (χ0n) is 19.2. The summed E-state index contributed by atoms with van der Waals surface area (Å²) in [5, 5.41) is 14.0. The van der Waals surface area contributed by atoms with Gasteiger partial charge in [0.2, 0.25) is 15.9 Å². The molecule has 9 heteroatoms. The lowest BCUT2D eigenvalue weighted by molar-refractivity contribution is -0.127. The molecule has 1 unspecified atom stereocenters. The minimum atomic E-state index is -0.400. The summed E-state index contributed by atoms with van der Waals surface area (Å²) >= 11 is 0.974. The molecule has 0 radical (unpaired) electrons. The number of rotatable bonds is 6. The first-order valence-corrected chi connectivity index (χ1v) is 12.1. The summed E-state index contributed by atoms with van der Waals surface area (Å²) in [4.78, 5) is 39.7. The topological polar surface area (TPSA) is 104 Å². The van der Waals surface area contributed by atoms with E-state index < -0.39 is 5.91 Å². The van der Waals surface area contributed by atoms with Crippen LogP contribution in [0.15, 0.2) is 54.6 Å². The molecule has 1 saturated heterocycles. The summed E-state index contributed by atoms with van der Waals surface area (Å²) in [6.07, 6.45) is 1.16. The zero-order chi connectivity index (χ0) is 24.1. The Morgan fingerprint density at radius 1 is 0.971 bits per heavy atom. The Kier molecular flexibility index (Phi) is 7.32. The van der Waals surface area contributed by atoms with Crippen LogP contribution in [0.25, 0.3) is 0 Å². The number of amides is 3. The van der Waals surface area contributed by atoms with Crippen molar-refractivity contribution in [1.29, 1.82) is 0 Å². The van der Waals surface area contributed by atoms with Gasteiger partial charge in [0.05, 0.1) is 6.04 Å². The lowest BCUT2D eigenvalue weighted by atomic mass is 9.95. The van der Waals surface area contributed by atoms with Crippen LogP contribution < -0.4 is 10.6 Å². The van der Waals surface area contributed by atoms with Gasteiger partial charge in [0.1, 0.15) is 0 Å². The van der Waals surface area contributed by atoms with Gasteiger partial charge in [-0.1, -0.05) is 59.4 Å². The fourth-order valence-corrected chi connectivity index (χ4v) is 4.57. The molecule has 0 spiro atoms. The van der Waals surface area contributed by atoms with Gasteiger partial charge in [-0.25, -0.2) is 0 Å². The highest BCUT2D eigenvalue weighted by atomic mass is 32.1. The zero-order valence-corrected chi connectivity index (χ0v) is 20.0. The number of carbonyl (C=O) groups excluding carboxylic acids is 3. The van der Waals surface area contributed by atoms with E-state index in [1.54, 1.807) is 17.0 Å². The Labute approximate surface area is 202 Å². The van der Waals surface area contributed by atoms with Gasteiger partial charge in [-0.3, -0.25) is 14.4 Å². The van der Waals surface area contributed by atoms with Crippen molar-refractivity contribution in [2.24, 2.45) is 5.92 Å². The standard InChI is InChI=1S/C25H27N5O3S/c1-16-8-10-20(11-9-16)27-22(32)23-28-29-24(34-23)25(33)30-14-12-19(13-15-30)21(31)26-17(2)18-6-4-3-5-7-18/h3-11,17,19H,12-15H2,1-2H3,(H,26,31)(H,27,32). The summed E-state index contributed by atoms with van der Waals surface area (Å²) < 4.78 is 0. The number of anilines is 1. The van der Waals surface area contributed by atoms with E-state index in [1.807, 2.05) is 56.3 Å². The summed E-state index contributed by atoms with van der Waals surface area (Å²) in [7, 11) is 0. The van der Waals surface area contributed by atoms with Crippen molar-refractivity contribution in [3.05, 3.63) is 75.7 Å². The first-order valence-electron chi connectivity index (χ1n) is 11.3. The fourth-order valence-electron chi connectivity index (χ4n) is 3.86. The third-order valence-corrected chi connectivity index (χ3v) is 6.83. The first kappa shape index (κ1) is 23.6. The van der Waals surface area contributed by atoms with Gasteiger partial charge in [0, 0.05) is 24.7 Å². The van der Waals surface area contributed by atoms with Crippen molar-refractivity contribution in [2.45, 2.75) is 32.7 Å². The van der Waals surface area contributed by atoms with E-state index in [0.717, 1.165) is 22.5 Å². The molecule has 0 bridgehead atoms. The Morgan fingerprint density at radius 2 is 1.62 bits per heavy atom. The van der Waals surface area contributed by atoms with Gasteiger partial charge in [-0.15, -0.1) is 10.2 Å². The molecule has 0 aliphatic carbocycles. The third kappa shape index (κ3) is 5.66. The molecule has 8 nitrogen and oxygen atoms in total. The molecule has 1 aliphatic heterocycles. The summed E-state index contributed by atoms with van der Waals surface area (Å²) in [5.41, 5.74) is 2.80. The van der Waals surface area contributed by atoms with Crippen LogP contribution in [0.5, 0.6) is 0 Å². The number of hydrogen-bond acceptors (Lipinski definition) is 6. The molecule has 2 N–H and O–H groups in total. The highest BCUT2D eigenvalue weighted by Crippen LogP contribution is 2.22. The van der Waals surface area contributed by atoms with Gasteiger partial charge in [0.15, 0.2) is 0 Å². The van der Waals surface area contributed by atoms with Crippen molar-refractivity contribution >= 4 is 34.7 Å². The smallest absolute Gasteiger partial charge is 0.286 e. The van der Waals surface area contributed by atoms with E-state index in [9.17, 15) is 14.4 Å². The molecule has 1 aromatic heterocycles. The second-order valence-electron chi connectivity index (χ2n) is 8.44. The van der Waals surface area contributed by atoms with Crippen LogP contribution in [-0.2, 0) is 4.79 Å². The highest BCUT2D eigenvalue weighted by Gasteiger charge is 2.30. The van der Waals surface area contributed by atoms with Gasteiger partial charge < -0.3 is 15.5 Å². The van der Waals surface area contributed by atoms with Crippen molar-refractivity contribution < 1.29 is 14.4 Å². The largest absolute Gasteiger partial charge is 0.349 e. The average molecular weight is 478 g/mol. The van der Waals surface area contributed by atoms with Crippen molar-refractivity contribution in [2.75, 3.05) is 18.4 Å². The van der Waals surface area contributed by atoms with E-state index in [0.29, 0.717) is 31.6 Å². The molecular weight excluding hydrogens is 450 g/mol. The predicted molar refractivity (Wildman–Crippen MR) is 131 cm³/mol. The number of piperidine rings is 1. The molecule has 34 heavy (non-hydrogen) atoms. The maximum Gasteiger partial charge on any atom is 0.286 e. The van der Waals surface area contributed by atoms with Crippen LogP contribution in [0.2, 0.25) is 0 Å². The van der Waals surface area contributed by atoms with Crippen LogP contribution in [-0.4, -0.2) is 45.9 Å². The molecular formula is C25H27N5O3S. The van der Waals surface area contributed by atoms with E-state index in [2.05, 4.69) is 20.8 Å². The normalized spacial score (nSPS) is 14.9. The van der Waals surface area contributed by atoms with Crippen molar-refractivity contribution in [3.63, 3.8) is 0 Å². The third-order valence-electron chi connectivity index (χ3n) is 5.92. The lowest BCUT2D eigenvalue weighted by Gasteiger charge is -2.31. The Morgan fingerprint density at radius 3 is 2.29 bits per heavy atom. The van der Waals surface area contributed by atoms with Gasteiger partial charge in [-0.05, 0) is 44.4 Å². The Hall–Kier alpha value is -3.59. The number of nitrogens with one attached hydrogen (secondary N) is 2. The van der Waals surface area contributed by atoms with Crippen LogP contribution >= 0.6 is 11.3 Å². The van der Waals surface area contributed by atoms with Crippen LogP contribution in [0.1, 0.15) is 56.5 Å². The van der Waals surface area contributed by atoms with Gasteiger partial charge in [-0.2, -0.15) is 0 Å².